The molecule has 0 aromatic carbocycles. The first kappa shape index (κ1) is 9.19. The summed E-state index contributed by atoms with van der Waals surface area (Å²) in [6.45, 7) is 0. The van der Waals surface area contributed by atoms with Gasteiger partial charge in [0.2, 0.25) is 0 Å². The SMILES string of the molecule is CS(C)(C)c1ccn(N)c(=O)c1. The first-order chi connectivity index (χ1) is 5.41. The zero-order valence-corrected chi connectivity index (χ0v) is 8.39. The van der Waals surface area contributed by atoms with Crippen LogP contribution in [0.3, 0.4) is 0 Å². The highest BCUT2D eigenvalue weighted by Gasteiger charge is 2.08. The van der Waals surface area contributed by atoms with E-state index in [9.17, 15) is 4.79 Å². The van der Waals surface area contributed by atoms with Gasteiger partial charge < -0.3 is 5.84 Å². The normalized spacial score (nSPS) is 12.9. The summed E-state index contributed by atoms with van der Waals surface area (Å²) in [5, 5.41) is 0. The Hall–Kier alpha value is -0.900. The highest BCUT2D eigenvalue weighted by Crippen LogP contribution is 2.43. The monoisotopic (exact) mass is 186 g/mol. The number of nitrogen functional groups attached to an aromatic ring is 1. The molecule has 2 N–H and O–H groups in total. The molecule has 0 atom stereocenters. The molecule has 0 aliphatic rings. The van der Waals surface area contributed by atoms with Gasteiger partial charge in [-0.3, -0.25) is 4.79 Å². The standard InChI is InChI=1S/C8H14N2OS/c1-12(2,3)7-4-5-10(9)8(11)6-7/h4-6H,9H2,1-3H3. The Labute approximate surface area is 73.5 Å². The molecule has 0 spiro atoms. The zero-order valence-electron chi connectivity index (χ0n) is 7.57. The van der Waals surface area contributed by atoms with Gasteiger partial charge in [-0.15, -0.1) is 0 Å². The Morgan fingerprint density at radius 3 is 2.42 bits per heavy atom. The van der Waals surface area contributed by atoms with Crippen LogP contribution in [0.5, 0.6) is 0 Å². The van der Waals surface area contributed by atoms with Gasteiger partial charge in [0.15, 0.2) is 0 Å². The largest absolute Gasteiger partial charge is 0.336 e. The fourth-order valence-electron chi connectivity index (χ4n) is 0.852. The lowest BCUT2D eigenvalue weighted by Gasteiger charge is -2.25. The first-order valence-corrected chi connectivity index (χ1v) is 6.43. The third kappa shape index (κ3) is 1.82. The molecule has 1 rings (SSSR count). The van der Waals surface area contributed by atoms with Gasteiger partial charge in [0, 0.05) is 12.3 Å². The van der Waals surface area contributed by atoms with Crippen molar-refractivity contribution in [3.8, 4) is 0 Å². The maximum Gasteiger partial charge on any atom is 0.269 e. The van der Waals surface area contributed by atoms with E-state index in [1.165, 1.54) is 0 Å². The molecular weight excluding hydrogens is 172 g/mol. The molecule has 0 saturated carbocycles. The fourth-order valence-corrected chi connectivity index (χ4v) is 1.78. The lowest BCUT2D eigenvalue weighted by Crippen LogP contribution is -2.25. The summed E-state index contributed by atoms with van der Waals surface area (Å²) in [7, 11) is -0.811. The van der Waals surface area contributed by atoms with Crippen molar-refractivity contribution in [3.05, 3.63) is 28.7 Å². The van der Waals surface area contributed by atoms with Crippen LogP contribution in [0, 0.1) is 0 Å². The van der Waals surface area contributed by atoms with Crippen molar-refractivity contribution in [3.63, 3.8) is 0 Å². The molecule has 1 heterocycles. The predicted molar refractivity (Wildman–Crippen MR) is 54.5 cm³/mol. The molecule has 0 bridgehead atoms. The average Bonchev–Trinajstić information content (AvgIpc) is 1.92. The minimum atomic E-state index is -0.811. The van der Waals surface area contributed by atoms with Crippen molar-refractivity contribution in [1.82, 2.24) is 4.68 Å². The number of nitrogens with zero attached hydrogens (tertiary/aromatic N) is 1. The Kier molecular flexibility index (Phi) is 2.19. The third-order valence-electron chi connectivity index (χ3n) is 1.63. The Morgan fingerprint density at radius 2 is 2.00 bits per heavy atom. The Bertz CT molecular complexity index is 338. The zero-order chi connectivity index (χ0) is 9.35. The summed E-state index contributed by atoms with van der Waals surface area (Å²) in [5.41, 5.74) is -0.144. The van der Waals surface area contributed by atoms with Gasteiger partial charge in [-0.1, -0.05) is 0 Å². The number of nitrogens with two attached hydrogens (primary N) is 1. The van der Waals surface area contributed by atoms with Gasteiger partial charge in [-0.2, -0.15) is 0 Å². The molecule has 0 unspecified atom stereocenters. The second-order valence-electron chi connectivity index (χ2n) is 3.45. The van der Waals surface area contributed by atoms with Crippen molar-refractivity contribution in [1.29, 1.82) is 0 Å². The van der Waals surface area contributed by atoms with Crippen molar-refractivity contribution in [2.24, 2.45) is 0 Å². The molecule has 12 heavy (non-hydrogen) atoms. The maximum atomic E-state index is 11.1. The quantitative estimate of drug-likeness (QED) is 0.653. The Balaban J connectivity index is 3.23. The molecule has 3 nitrogen and oxygen atoms in total. The second kappa shape index (κ2) is 2.86. The van der Waals surface area contributed by atoms with Crippen LogP contribution in [0.25, 0.3) is 0 Å². The summed E-state index contributed by atoms with van der Waals surface area (Å²) in [5.74, 6) is 5.35. The van der Waals surface area contributed by atoms with Crippen molar-refractivity contribution < 1.29 is 0 Å². The van der Waals surface area contributed by atoms with E-state index in [-0.39, 0.29) is 5.56 Å². The van der Waals surface area contributed by atoms with Crippen molar-refractivity contribution >= 4 is 10.0 Å². The maximum absolute atomic E-state index is 11.1. The van der Waals surface area contributed by atoms with Crippen LogP contribution < -0.4 is 11.4 Å². The van der Waals surface area contributed by atoms with E-state index in [0.717, 1.165) is 9.57 Å². The molecule has 1 aromatic rings. The third-order valence-corrected chi connectivity index (χ3v) is 3.29. The summed E-state index contributed by atoms with van der Waals surface area (Å²) in [6.07, 6.45) is 8.03. The van der Waals surface area contributed by atoms with Crippen LogP contribution >= 0.6 is 10.0 Å². The van der Waals surface area contributed by atoms with Crippen LogP contribution in [0.2, 0.25) is 0 Å². The summed E-state index contributed by atoms with van der Waals surface area (Å²) >= 11 is 0. The van der Waals surface area contributed by atoms with Crippen LogP contribution in [0.4, 0.5) is 0 Å². The van der Waals surface area contributed by atoms with Crippen LogP contribution in [-0.4, -0.2) is 23.4 Å². The molecule has 0 amide bonds. The first-order valence-electron chi connectivity index (χ1n) is 3.57. The highest BCUT2D eigenvalue weighted by atomic mass is 32.3. The number of hydrogen-bond acceptors (Lipinski definition) is 2. The summed E-state index contributed by atoms with van der Waals surface area (Å²) in [6, 6.07) is 3.51. The van der Waals surface area contributed by atoms with E-state index in [1.807, 2.05) is 6.07 Å². The smallest absolute Gasteiger partial charge is 0.269 e. The van der Waals surface area contributed by atoms with Gasteiger partial charge >= 0.3 is 0 Å². The minimum Gasteiger partial charge on any atom is -0.336 e. The second-order valence-corrected chi connectivity index (χ2v) is 7.59. The number of hydrogen-bond donors (Lipinski definition) is 1. The van der Waals surface area contributed by atoms with Gasteiger partial charge in [-0.05, 0) is 29.7 Å². The van der Waals surface area contributed by atoms with E-state index < -0.39 is 10.0 Å². The van der Waals surface area contributed by atoms with Crippen LogP contribution in [-0.2, 0) is 0 Å². The van der Waals surface area contributed by atoms with E-state index >= 15 is 0 Å². The van der Waals surface area contributed by atoms with Crippen molar-refractivity contribution in [2.45, 2.75) is 4.90 Å². The van der Waals surface area contributed by atoms with Gasteiger partial charge in [0.05, 0.1) is 0 Å². The van der Waals surface area contributed by atoms with E-state index in [2.05, 4.69) is 18.8 Å². The molecule has 4 heteroatoms. The molecule has 0 aliphatic carbocycles. The van der Waals surface area contributed by atoms with Gasteiger partial charge in [-0.25, -0.2) is 14.7 Å². The highest BCUT2D eigenvalue weighted by molar-refractivity contribution is 8.32. The van der Waals surface area contributed by atoms with E-state index in [0.29, 0.717) is 0 Å². The van der Waals surface area contributed by atoms with Crippen molar-refractivity contribution in [2.75, 3.05) is 24.6 Å². The lowest BCUT2D eigenvalue weighted by atomic mass is 10.5. The Morgan fingerprint density at radius 1 is 1.42 bits per heavy atom. The van der Waals surface area contributed by atoms with E-state index in [4.69, 9.17) is 5.84 Å². The molecule has 0 aliphatic heterocycles. The molecule has 0 saturated heterocycles. The topological polar surface area (TPSA) is 48.0 Å². The number of rotatable bonds is 1. The average molecular weight is 186 g/mol. The minimum absolute atomic E-state index is 0.144. The molecule has 1 aromatic heterocycles. The molecule has 0 fully saturated rings. The van der Waals surface area contributed by atoms with Crippen LogP contribution in [0.1, 0.15) is 0 Å². The number of aromatic nitrogens is 1. The predicted octanol–water partition coefficient (Wildman–Crippen LogP) is 0.615. The van der Waals surface area contributed by atoms with Gasteiger partial charge in [0.1, 0.15) is 0 Å². The summed E-state index contributed by atoms with van der Waals surface area (Å²) < 4.78 is 1.09. The van der Waals surface area contributed by atoms with E-state index in [1.54, 1.807) is 12.3 Å². The molecular formula is C8H14N2OS. The molecule has 0 radical (unpaired) electrons. The van der Waals surface area contributed by atoms with Gasteiger partial charge in [0.25, 0.3) is 5.56 Å². The number of pyridine rings is 1. The summed E-state index contributed by atoms with van der Waals surface area (Å²) in [4.78, 5) is 12.2. The van der Waals surface area contributed by atoms with Crippen LogP contribution in [0.15, 0.2) is 28.0 Å². The fraction of sp³-hybridized carbons (Fsp3) is 0.375. The molecule has 68 valence electrons. The lowest BCUT2D eigenvalue weighted by molar-refractivity contribution is 0.921.